The van der Waals surface area contributed by atoms with Crippen LogP contribution in [0.3, 0.4) is 0 Å². The fourth-order valence-electron chi connectivity index (χ4n) is 2.77. The lowest BCUT2D eigenvalue weighted by atomic mass is 9.91. The summed E-state index contributed by atoms with van der Waals surface area (Å²) in [6.07, 6.45) is 6.49. The molecule has 0 bridgehead atoms. The molecule has 2 N–H and O–H groups in total. The van der Waals surface area contributed by atoms with E-state index in [0.717, 1.165) is 44.4 Å². The van der Waals surface area contributed by atoms with Crippen LogP contribution >= 0.6 is 0 Å². The van der Waals surface area contributed by atoms with Crippen LogP contribution in [0.5, 0.6) is 0 Å². The van der Waals surface area contributed by atoms with Gasteiger partial charge in [-0.3, -0.25) is 0 Å². The van der Waals surface area contributed by atoms with E-state index in [1.807, 2.05) is 32.9 Å². The maximum absolute atomic E-state index is 11.8. The van der Waals surface area contributed by atoms with Crippen molar-refractivity contribution in [3.63, 3.8) is 0 Å². The Bertz CT molecular complexity index is 443. The van der Waals surface area contributed by atoms with Gasteiger partial charge in [0.1, 0.15) is 11.4 Å². The number of carbonyl (C=O) groups is 1. The molecule has 0 radical (unpaired) electrons. The molecule has 0 aliphatic heterocycles. The predicted octanol–water partition coefficient (Wildman–Crippen LogP) is 3.25. The normalized spacial score (nSPS) is 22.3. The lowest BCUT2D eigenvalue weighted by Gasteiger charge is -2.30. The van der Waals surface area contributed by atoms with E-state index in [4.69, 9.17) is 9.15 Å². The summed E-state index contributed by atoms with van der Waals surface area (Å²) in [6, 6.07) is 4.69. The van der Waals surface area contributed by atoms with E-state index < -0.39 is 5.60 Å². The predicted molar refractivity (Wildman–Crippen MR) is 85.8 cm³/mol. The highest BCUT2D eigenvalue weighted by Gasteiger charge is 2.24. The fourth-order valence-corrected chi connectivity index (χ4v) is 2.77. The molecule has 0 spiro atoms. The average Bonchev–Trinajstić information content (AvgIpc) is 2.92. The number of carbonyl (C=O) groups excluding carboxylic acids is 1. The summed E-state index contributed by atoms with van der Waals surface area (Å²) < 4.78 is 10.6. The lowest BCUT2D eigenvalue weighted by molar-refractivity contribution is 0.0490. The maximum atomic E-state index is 11.8. The zero-order valence-electron chi connectivity index (χ0n) is 13.9. The summed E-state index contributed by atoms with van der Waals surface area (Å²) in [5.74, 6) is 1.02. The number of hydrogen-bond donors (Lipinski definition) is 2. The van der Waals surface area contributed by atoms with Gasteiger partial charge in [0.05, 0.1) is 6.26 Å². The van der Waals surface area contributed by atoms with Crippen LogP contribution in [0.1, 0.15) is 52.2 Å². The Morgan fingerprint density at radius 2 is 1.95 bits per heavy atom. The number of amides is 1. The van der Waals surface area contributed by atoms with E-state index in [9.17, 15) is 4.79 Å². The van der Waals surface area contributed by atoms with Crippen LogP contribution in [0.2, 0.25) is 0 Å². The molecule has 0 saturated heterocycles. The van der Waals surface area contributed by atoms with Crippen molar-refractivity contribution in [2.75, 3.05) is 6.54 Å². The minimum atomic E-state index is -0.436. The molecule has 22 heavy (non-hydrogen) atoms. The first-order chi connectivity index (χ1) is 10.4. The van der Waals surface area contributed by atoms with Crippen LogP contribution in [0.25, 0.3) is 0 Å². The number of nitrogens with one attached hydrogen (secondary N) is 2. The number of hydrogen-bond acceptors (Lipinski definition) is 4. The van der Waals surface area contributed by atoms with Crippen molar-refractivity contribution < 1.29 is 13.9 Å². The molecule has 1 heterocycles. The zero-order valence-corrected chi connectivity index (χ0v) is 13.9. The van der Waals surface area contributed by atoms with Gasteiger partial charge >= 0.3 is 6.09 Å². The molecule has 2 rings (SSSR count). The molecular weight excluding hydrogens is 280 g/mol. The van der Waals surface area contributed by atoms with Crippen LogP contribution in [-0.4, -0.2) is 30.3 Å². The molecular formula is C17H28N2O3. The lowest BCUT2D eigenvalue weighted by Crippen LogP contribution is -2.44. The van der Waals surface area contributed by atoms with Gasteiger partial charge in [-0.25, -0.2) is 4.79 Å². The van der Waals surface area contributed by atoms with Crippen LogP contribution in [0.4, 0.5) is 4.79 Å². The third-order valence-electron chi connectivity index (χ3n) is 3.83. The van der Waals surface area contributed by atoms with Gasteiger partial charge in [0, 0.05) is 25.0 Å². The van der Waals surface area contributed by atoms with Gasteiger partial charge in [0.15, 0.2) is 0 Å². The van der Waals surface area contributed by atoms with E-state index in [2.05, 4.69) is 10.6 Å². The second-order valence-electron chi connectivity index (χ2n) is 6.98. The Morgan fingerprint density at radius 1 is 1.27 bits per heavy atom. The Labute approximate surface area is 132 Å². The van der Waals surface area contributed by atoms with Crippen LogP contribution in [0.15, 0.2) is 22.8 Å². The largest absolute Gasteiger partial charge is 0.469 e. The van der Waals surface area contributed by atoms with Crippen molar-refractivity contribution in [2.24, 2.45) is 0 Å². The highest BCUT2D eigenvalue weighted by Crippen LogP contribution is 2.19. The standard InChI is InChI=1S/C17H28N2O3/c1-17(2,3)22-16(20)19-14-8-6-13(7-9-14)18-11-10-15-5-4-12-21-15/h4-5,12-14,18H,6-11H2,1-3H3,(H,19,20). The van der Waals surface area contributed by atoms with Crippen molar-refractivity contribution in [2.45, 2.75) is 70.6 Å². The highest BCUT2D eigenvalue weighted by molar-refractivity contribution is 5.68. The topological polar surface area (TPSA) is 63.5 Å². The van der Waals surface area contributed by atoms with Crippen molar-refractivity contribution in [1.82, 2.24) is 10.6 Å². The molecule has 124 valence electrons. The van der Waals surface area contributed by atoms with E-state index in [1.54, 1.807) is 6.26 Å². The van der Waals surface area contributed by atoms with Gasteiger partial charge in [-0.15, -0.1) is 0 Å². The minimum absolute atomic E-state index is 0.234. The summed E-state index contributed by atoms with van der Waals surface area (Å²) in [4.78, 5) is 11.8. The van der Waals surface area contributed by atoms with E-state index in [0.29, 0.717) is 6.04 Å². The minimum Gasteiger partial charge on any atom is -0.469 e. The molecule has 1 saturated carbocycles. The SMILES string of the molecule is CC(C)(C)OC(=O)NC1CCC(NCCc2ccco2)CC1. The first kappa shape index (κ1) is 16.9. The molecule has 1 aromatic rings. The molecule has 5 nitrogen and oxygen atoms in total. The van der Waals surface area contributed by atoms with Crippen molar-refractivity contribution >= 4 is 6.09 Å². The molecule has 1 aliphatic rings. The monoisotopic (exact) mass is 308 g/mol. The highest BCUT2D eigenvalue weighted by atomic mass is 16.6. The van der Waals surface area contributed by atoms with Crippen LogP contribution in [-0.2, 0) is 11.2 Å². The molecule has 0 atom stereocenters. The first-order valence-electron chi connectivity index (χ1n) is 8.17. The molecule has 0 aromatic carbocycles. The summed E-state index contributed by atoms with van der Waals surface area (Å²) >= 11 is 0. The first-order valence-corrected chi connectivity index (χ1v) is 8.17. The summed E-state index contributed by atoms with van der Waals surface area (Å²) in [5.41, 5.74) is -0.436. The maximum Gasteiger partial charge on any atom is 0.407 e. The number of alkyl carbamates (subject to hydrolysis) is 1. The third-order valence-corrected chi connectivity index (χ3v) is 3.83. The van der Waals surface area contributed by atoms with E-state index in [1.165, 1.54) is 0 Å². The molecule has 0 unspecified atom stereocenters. The van der Waals surface area contributed by atoms with Gasteiger partial charge in [-0.2, -0.15) is 0 Å². The van der Waals surface area contributed by atoms with Gasteiger partial charge in [0.2, 0.25) is 0 Å². The number of furan rings is 1. The molecule has 5 heteroatoms. The van der Waals surface area contributed by atoms with Gasteiger partial charge in [0.25, 0.3) is 0 Å². The molecule has 1 fully saturated rings. The zero-order chi connectivity index (χ0) is 16.0. The Kier molecular flexibility index (Phi) is 5.89. The number of rotatable bonds is 5. The Morgan fingerprint density at radius 3 is 2.55 bits per heavy atom. The Hall–Kier alpha value is -1.49. The van der Waals surface area contributed by atoms with Crippen LogP contribution in [0, 0.1) is 0 Å². The molecule has 1 aromatic heterocycles. The quantitative estimate of drug-likeness (QED) is 0.876. The van der Waals surface area contributed by atoms with Crippen molar-refractivity contribution in [1.29, 1.82) is 0 Å². The van der Waals surface area contributed by atoms with E-state index in [-0.39, 0.29) is 12.1 Å². The van der Waals surface area contributed by atoms with Crippen LogP contribution < -0.4 is 10.6 Å². The van der Waals surface area contributed by atoms with Gasteiger partial charge in [-0.1, -0.05) is 0 Å². The van der Waals surface area contributed by atoms with Gasteiger partial charge < -0.3 is 19.8 Å². The third kappa shape index (κ3) is 6.10. The van der Waals surface area contributed by atoms with Gasteiger partial charge in [-0.05, 0) is 58.6 Å². The smallest absolute Gasteiger partial charge is 0.407 e. The molecule has 1 aliphatic carbocycles. The summed E-state index contributed by atoms with van der Waals surface area (Å²) in [5, 5.41) is 6.54. The van der Waals surface area contributed by atoms with Crippen molar-refractivity contribution in [3.8, 4) is 0 Å². The van der Waals surface area contributed by atoms with Crippen molar-refractivity contribution in [3.05, 3.63) is 24.2 Å². The summed E-state index contributed by atoms with van der Waals surface area (Å²) in [6.45, 7) is 6.58. The second-order valence-corrected chi connectivity index (χ2v) is 6.98. The number of ether oxygens (including phenoxy) is 1. The summed E-state index contributed by atoms with van der Waals surface area (Å²) in [7, 11) is 0. The second kappa shape index (κ2) is 7.68. The Balaban J connectivity index is 1.60. The fraction of sp³-hybridized carbons (Fsp3) is 0.706. The van der Waals surface area contributed by atoms with E-state index >= 15 is 0 Å². The average molecular weight is 308 g/mol. The molecule has 1 amide bonds.